The molecule has 2 aliphatic carbocycles. The van der Waals surface area contributed by atoms with Crippen LogP contribution in [0.3, 0.4) is 0 Å². The first-order chi connectivity index (χ1) is 5.73. The van der Waals surface area contributed by atoms with Gasteiger partial charge in [0.1, 0.15) is 0 Å². The zero-order valence-corrected chi connectivity index (χ0v) is 8.60. The molecule has 1 spiro atoms. The van der Waals surface area contributed by atoms with Gasteiger partial charge in [0.2, 0.25) is 0 Å². The lowest BCUT2D eigenvalue weighted by Gasteiger charge is -2.39. The van der Waals surface area contributed by atoms with E-state index in [-0.39, 0.29) is 0 Å². The predicted octanol–water partition coefficient (Wildman–Crippen LogP) is 4.00. The van der Waals surface area contributed by atoms with Gasteiger partial charge in [0, 0.05) is 0 Å². The van der Waals surface area contributed by atoms with Gasteiger partial charge in [-0.2, -0.15) is 0 Å². The maximum Gasteiger partial charge on any atom is -0.0272 e. The Hall–Kier alpha value is 0. The van der Waals surface area contributed by atoms with Gasteiger partial charge in [0.25, 0.3) is 0 Å². The fourth-order valence-corrected chi connectivity index (χ4v) is 3.39. The van der Waals surface area contributed by atoms with Crippen molar-refractivity contribution in [1.82, 2.24) is 0 Å². The van der Waals surface area contributed by atoms with E-state index in [0.29, 0.717) is 0 Å². The molecule has 0 nitrogen and oxygen atoms in total. The van der Waals surface area contributed by atoms with E-state index in [1.54, 1.807) is 6.42 Å². The second kappa shape index (κ2) is 3.05. The van der Waals surface area contributed by atoms with Crippen molar-refractivity contribution in [3.63, 3.8) is 0 Å². The van der Waals surface area contributed by atoms with Crippen molar-refractivity contribution in [3.8, 4) is 0 Å². The van der Waals surface area contributed by atoms with E-state index in [2.05, 4.69) is 13.8 Å². The van der Waals surface area contributed by atoms with Gasteiger partial charge in [-0.05, 0) is 36.5 Å². The first-order valence-electron chi connectivity index (χ1n) is 5.73. The van der Waals surface area contributed by atoms with E-state index in [4.69, 9.17) is 0 Å². The Kier molecular flexibility index (Phi) is 2.18. The van der Waals surface area contributed by atoms with Crippen molar-refractivity contribution in [2.24, 2.45) is 17.3 Å². The molecule has 1 atom stereocenters. The van der Waals surface area contributed by atoms with Crippen molar-refractivity contribution in [3.05, 3.63) is 0 Å². The van der Waals surface area contributed by atoms with Gasteiger partial charge < -0.3 is 0 Å². The largest absolute Gasteiger partial charge is 0.0625 e. The van der Waals surface area contributed by atoms with Gasteiger partial charge in [-0.1, -0.05) is 39.5 Å². The van der Waals surface area contributed by atoms with E-state index >= 15 is 0 Å². The van der Waals surface area contributed by atoms with Gasteiger partial charge in [0.05, 0.1) is 0 Å². The molecule has 0 N–H and O–H groups in total. The fraction of sp³-hybridized carbons (Fsp3) is 1.00. The topological polar surface area (TPSA) is 0 Å². The lowest BCUT2D eigenvalue weighted by atomic mass is 9.66. The average molecular weight is 166 g/mol. The van der Waals surface area contributed by atoms with Crippen molar-refractivity contribution in [2.45, 2.75) is 58.8 Å². The number of hydrogen-bond donors (Lipinski definition) is 0. The summed E-state index contributed by atoms with van der Waals surface area (Å²) in [5.41, 5.74) is 0.812. The first-order valence-corrected chi connectivity index (χ1v) is 5.73. The molecule has 70 valence electrons. The van der Waals surface area contributed by atoms with Crippen molar-refractivity contribution in [1.29, 1.82) is 0 Å². The number of hydrogen-bond acceptors (Lipinski definition) is 0. The molecule has 0 aromatic rings. The summed E-state index contributed by atoms with van der Waals surface area (Å²) in [7, 11) is 0. The van der Waals surface area contributed by atoms with Crippen LogP contribution in [0.25, 0.3) is 0 Å². The third-order valence-electron chi connectivity index (χ3n) is 4.63. The Morgan fingerprint density at radius 1 is 0.917 bits per heavy atom. The van der Waals surface area contributed by atoms with Gasteiger partial charge in [0.15, 0.2) is 0 Å². The van der Waals surface area contributed by atoms with Gasteiger partial charge in [-0.25, -0.2) is 0 Å². The minimum Gasteiger partial charge on any atom is -0.0625 e. The molecule has 0 aromatic heterocycles. The predicted molar refractivity (Wildman–Crippen MR) is 53.1 cm³/mol. The van der Waals surface area contributed by atoms with E-state index in [0.717, 1.165) is 17.3 Å². The molecule has 2 saturated carbocycles. The van der Waals surface area contributed by atoms with Crippen LogP contribution in [-0.2, 0) is 0 Å². The molecule has 0 amide bonds. The fourth-order valence-electron chi connectivity index (χ4n) is 3.39. The highest BCUT2D eigenvalue weighted by Gasteiger charge is 2.41. The third-order valence-corrected chi connectivity index (χ3v) is 4.63. The van der Waals surface area contributed by atoms with Crippen molar-refractivity contribution < 1.29 is 0 Å². The van der Waals surface area contributed by atoms with Crippen molar-refractivity contribution in [2.75, 3.05) is 0 Å². The lowest BCUT2D eigenvalue weighted by molar-refractivity contribution is 0.113. The summed E-state index contributed by atoms with van der Waals surface area (Å²) in [6.07, 6.45) is 10.6. The van der Waals surface area contributed by atoms with E-state index in [9.17, 15) is 0 Å². The Labute approximate surface area is 76.7 Å². The Bertz CT molecular complexity index is 151. The third kappa shape index (κ3) is 1.30. The summed E-state index contributed by atoms with van der Waals surface area (Å²) in [5, 5.41) is 0. The monoisotopic (exact) mass is 166 g/mol. The zero-order chi connectivity index (χ0) is 8.60. The van der Waals surface area contributed by atoms with Crippen LogP contribution in [0.5, 0.6) is 0 Å². The highest BCUT2D eigenvalue weighted by Crippen LogP contribution is 2.53. The minimum absolute atomic E-state index is 0.812. The minimum atomic E-state index is 0.812. The van der Waals surface area contributed by atoms with Crippen LogP contribution >= 0.6 is 0 Å². The standard InChI is InChI=1S/C12H22/c1-10-5-8-12(9-6-10)7-3-4-11(12)2/h10-11H,3-9H2,1-2H3/t10?,11-,12?/m0/s1. The van der Waals surface area contributed by atoms with Crippen LogP contribution in [0.2, 0.25) is 0 Å². The van der Waals surface area contributed by atoms with E-state index < -0.39 is 0 Å². The molecule has 0 radical (unpaired) electrons. The number of rotatable bonds is 0. The molecule has 2 aliphatic rings. The molecule has 12 heavy (non-hydrogen) atoms. The molecule has 2 rings (SSSR count). The zero-order valence-electron chi connectivity index (χ0n) is 8.60. The summed E-state index contributed by atoms with van der Waals surface area (Å²) in [6.45, 7) is 4.91. The highest BCUT2D eigenvalue weighted by atomic mass is 14.5. The molecule has 0 aromatic carbocycles. The van der Waals surface area contributed by atoms with Crippen LogP contribution in [0.15, 0.2) is 0 Å². The molecule has 0 aliphatic heterocycles. The van der Waals surface area contributed by atoms with Gasteiger partial charge in [-0.3, -0.25) is 0 Å². The average Bonchev–Trinajstić information content (AvgIpc) is 2.41. The van der Waals surface area contributed by atoms with E-state index in [1.165, 1.54) is 38.5 Å². The first kappa shape index (κ1) is 8.59. The van der Waals surface area contributed by atoms with Gasteiger partial charge in [-0.15, -0.1) is 0 Å². The van der Waals surface area contributed by atoms with Crippen LogP contribution in [0.4, 0.5) is 0 Å². The van der Waals surface area contributed by atoms with Crippen LogP contribution in [0, 0.1) is 17.3 Å². The summed E-state index contributed by atoms with van der Waals surface area (Å²) in [6, 6.07) is 0. The summed E-state index contributed by atoms with van der Waals surface area (Å²) in [5.74, 6) is 2.05. The van der Waals surface area contributed by atoms with Gasteiger partial charge >= 0.3 is 0 Å². The molecular weight excluding hydrogens is 144 g/mol. The van der Waals surface area contributed by atoms with E-state index in [1.807, 2.05) is 0 Å². The molecule has 2 fully saturated rings. The molecule has 0 saturated heterocycles. The molecule has 0 heterocycles. The summed E-state index contributed by atoms with van der Waals surface area (Å²) in [4.78, 5) is 0. The van der Waals surface area contributed by atoms with Crippen molar-refractivity contribution >= 4 is 0 Å². The van der Waals surface area contributed by atoms with Crippen LogP contribution < -0.4 is 0 Å². The highest BCUT2D eigenvalue weighted by molar-refractivity contribution is 4.92. The van der Waals surface area contributed by atoms with Crippen LogP contribution in [0.1, 0.15) is 58.8 Å². The normalized spacial score (nSPS) is 48.5. The Balaban J connectivity index is 2.02. The second-order valence-electron chi connectivity index (χ2n) is 5.34. The quantitative estimate of drug-likeness (QED) is 0.510. The smallest absolute Gasteiger partial charge is 0.0272 e. The summed E-state index contributed by atoms with van der Waals surface area (Å²) >= 11 is 0. The molecular formula is C12H22. The molecule has 0 heteroatoms. The lowest BCUT2D eigenvalue weighted by Crippen LogP contribution is -2.28. The second-order valence-corrected chi connectivity index (χ2v) is 5.34. The molecule has 0 unspecified atom stereocenters. The van der Waals surface area contributed by atoms with Crippen LogP contribution in [-0.4, -0.2) is 0 Å². The maximum absolute atomic E-state index is 2.49. The SMILES string of the molecule is CC1CCC2(CCC[C@@H]2C)CC1. The Morgan fingerprint density at radius 3 is 2.08 bits per heavy atom. The molecule has 0 bridgehead atoms. The Morgan fingerprint density at radius 2 is 1.58 bits per heavy atom. The summed E-state index contributed by atoms with van der Waals surface area (Å²) < 4.78 is 0. The maximum atomic E-state index is 2.49.